The standard InChI is InChI=1S/C22H25N5O3S/c1-16-5-3-6-18(13-16)19(28)14-24-20(29)15-31-22-26-25-21(17-7-9-23-10-8-17)27(22)11-4-12-30-2/h3,5-10,13H,4,11-12,14-15H2,1-2H3,(H,24,29). The molecule has 1 aromatic carbocycles. The maximum atomic E-state index is 12.3. The first-order valence-corrected chi connectivity index (χ1v) is 10.9. The molecule has 0 aliphatic heterocycles. The van der Waals surface area contributed by atoms with Crippen molar-refractivity contribution >= 4 is 23.5 Å². The van der Waals surface area contributed by atoms with E-state index in [4.69, 9.17) is 4.74 Å². The number of nitrogens with zero attached hydrogens (tertiary/aromatic N) is 4. The molecule has 3 rings (SSSR count). The monoisotopic (exact) mass is 439 g/mol. The lowest BCUT2D eigenvalue weighted by atomic mass is 10.1. The van der Waals surface area contributed by atoms with Crippen molar-refractivity contribution < 1.29 is 14.3 Å². The summed E-state index contributed by atoms with van der Waals surface area (Å²) in [5.41, 5.74) is 2.50. The second-order valence-corrected chi connectivity index (χ2v) is 7.84. The number of methoxy groups -OCH3 is 1. The van der Waals surface area contributed by atoms with Crippen molar-refractivity contribution in [3.05, 3.63) is 59.9 Å². The van der Waals surface area contributed by atoms with Gasteiger partial charge in [-0.3, -0.25) is 14.6 Å². The second kappa shape index (κ2) is 11.4. The van der Waals surface area contributed by atoms with Crippen LogP contribution in [0.5, 0.6) is 0 Å². The lowest BCUT2D eigenvalue weighted by molar-refractivity contribution is -0.118. The van der Waals surface area contributed by atoms with Crippen molar-refractivity contribution in [2.24, 2.45) is 0 Å². The quantitative estimate of drug-likeness (QED) is 0.279. The fourth-order valence-corrected chi connectivity index (χ4v) is 3.75. The topological polar surface area (TPSA) is 99.0 Å². The van der Waals surface area contributed by atoms with E-state index in [1.807, 2.05) is 41.8 Å². The van der Waals surface area contributed by atoms with Gasteiger partial charge in [-0.05, 0) is 31.5 Å². The Balaban J connectivity index is 1.60. The van der Waals surface area contributed by atoms with Crippen molar-refractivity contribution in [1.29, 1.82) is 0 Å². The highest BCUT2D eigenvalue weighted by Gasteiger charge is 2.16. The van der Waals surface area contributed by atoms with Crippen LogP contribution in [0.4, 0.5) is 0 Å². The Morgan fingerprint density at radius 2 is 1.97 bits per heavy atom. The molecule has 0 fully saturated rings. The third kappa shape index (κ3) is 6.47. The van der Waals surface area contributed by atoms with Crippen LogP contribution in [0.25, 0.3) is 11.4 Å². The zero-order chi connectivity index (χ0) is 22.1. The number of carbonyl (C=O) groups is 2. The highest BCUT2D eigenvalue weighted by atomic mass is 32.2. The molecule has 9 heteroatoms. The molecular weight excluding hydrogens is 414 g/mol. The average molecular weight is 440 g/mol. The first-order valence-electron chi connectivity index (χ1n) is 9.90. The summed E-state index contributed by atoms with van der Waals surface area (Å²) in [6.45, 7) is 3.16. The number of rotatable bonds is 11. The largest absolute Gasteiger partial charge is 0.385 e. The van der Waals surface area contributed by atoms with Crippen LogP contribution in [-0.4, -0.2) is 57.5 Å². The van der Waals surface area contributed by atoms with Gasteiger partial charge in [-0.1, -0.05) is 35.5 Å². The van der Waals surface area contributed by atoms with Crippen LogP contribution in [0.2, 0.25) is 0 Å². The fourth-order valence-electron chi connectivity index (χ4n) is 2.96. The number of aromatic nitrogens is 4. The van der Waals surface area contributed by atoms with Crippen molar-refractivity contribution in [2.45, 2.75) is 25.0 Å². The molecular formula is C22H25N5O3S. The minimum atomic E-state index is -0.233. The first kappa shape index (κ1) is 22.6. The molecule has 0 aliphatic rings. The summed E-state index contributed by atoms with van der Waals surface area (Å²) < 4.78 is 7.13. The molecule has 0 saturated heterocycles. The van der Waals surface area contributed by atoms with Gasteiger partial charge in [0.2, 0.25) is 5.91 Å². The smallest absolute Gasteiger partial charge is 0.230 e. The summed E-state index contributed by atoms with van der Waals surface area (Å²) in [4.78, 5) is 28.6. The predicted molar refractivity (Wildman–Crippen MR) is 119 cm³/mol. The Bertz CT molecular complexity index is 1020. The summed E-state index contributed by atoms with van der Waals surface area (Å²) >= 11 is 1.29. The predicted octanol–water partition coefficient (Wildman–Crippen LogP) is 2.78. The summed E-state index contributed by atoms with van der Waals surface area (Å²) in [5.74, 6) is 0.503. The maximum Gasteiger partial charge on any atom is 0.230 e. The molecule has 0 aliphatic carbocycles. The third-order valence-electron chi connectivity index (χ3n) is 4.50. The normalized spacial score (nSPS) is 10.8. The van der Waals surface area contributed by atoms with Gasteiger partial charge in [-0.25, -0.2) is 0 Å². The van der Waals surface area contributed by atoms with Gasteiger partial charge < -0.3 is 14.6 Å². The van der Waals surface area contributed by atoms with Crippen molar-refractivity contribution in [3.8, 4) is 11.4 Å². The molecule has 0 spiro atoms. The summed E-state index contributed by atoms with van der Waals surface area (Å²) in [7, 11) is 1.66. The van der Waals surface area contributed by atoms with Gasteiger partial charge in [0.1, 0.15) is 0 Å². The van der Waals surface area contributed by atoms with Gasteiger partial charge in [-0.15, -0.1) is 10.2 Å². The van der Waals surface area contributed by atoms with E-state index in [1.165, 1.54) is 11.8 Å². The van der Waals surface area contributed by atoms with E-state index in [0.29, 0.717) is 23.9 Å². The molecule has 0 saturated carbocycles. The minimum absolute atomic E-state index is 0.0361. The van der Waals surface area contributed by atoms with Crippen LogP contribution in [-0.2, 0) is 16.1 Å². The Hall–Kier alpha value is -3.04. The van der Waals surface area contributed by atoms with Gasteiger partial charge in [0, 0.05) is 43.8 Å². The van der Waals surface area contributed by atoms with Crippen LogP contribution in [0.3, 0.4) is 0 Å². The van der Waals surface area contributed by atoms with E-state index in [0.717, 1.165) is 23.4 Å². The van der Waals surface area contributed by atoms with Crippen molar-refractivity contribution in [2.75, 3.05) is 26.0 Å². The van der Waals surface area contributed by atoms with E-state index in [1.54, 1.807) is 25.6 Å². The highest BCUT2D eigenvalue weighted by molar-refractivity contribution is 7.99. The van der Waals surface area contributed by atoms with Gasteiger partial charge >= 0.3 is 0 Å². The maximum absolute atomic E-state index is 12.3. The van der Waals surface area contributed by atoms with Crippen LogP contribution >= 0.6 is 11.8 Å². The van der Waals surface area contributed by atoms with Crippen molar-refractivity contribution in [3.63, 3.8) is 0 Å². The Morgan fingerprint density at radius 3 is 2.71 bits per heavy atom. The molecule has 0 bridgehead atoms. The Morgan fingerprint density at radius 1 is 1.16 bits per heavy atom. The van der Waals surface area contributed by atoms with E-state index in [2.05, 4.69) is 20.5 Å². The SMILES string of the molecule is COCCCn1c(SCC(=O)NCC(=O)c2cccc(C)c2)nnc1-c1ccncc1. The van der Waals surface area contributed by atoms with Crippen LogP contribution < -0.4 is 5.32 Å². The molecule has 2 aromatic heterocycles. The number of ether oxygens (including phenoxy) is 1. The number of pyridine rings is 1. The molecule has 31 heavy (non-hydrogen) atoms. The number of amides is 1. The molecule has 3 aromatic rings. The molecule has 0 atom stereocenters. The zero-order valence-corrected chi connectivity index (χ0v) is 18.4. The number of carbonyl (C=O) groups excluding carboxylic acids is 2. The second-order valence-electron chi connectivity index (χ2n) is 6.90. The fraction of sp³-hybridized carbons (Fsp3) is 0.318. The number of hydrogen-bond donors (Lipinski definition) is 1. The Kier molecular flexibility index (Phi) is 8.31. The van der Waals surface area contributed by atoms with Gasteiger partial charge in [0.25, 0.3) is 0 Å². The van der Waals surface area contributed by atoms with Gasteiger partial charge in [-0.2, -0.15) is 0 Å². The molecule has 1 N–H and O–H groups in total. The summed E-state index contributed by atoms with van der Waals surface area (Å²) in [5, 5.41) is 11.9. The lowest BCUT2D eigenvalue weighted by Gasteiger charge is -2.10. The molecule has 2 heterocycles. The van der Waals surface area contributed by atoms with Gasteiger partial charge in [0.15, 0.2) is 16.8 Å². The number of benzene rings is 1. The molecule has 162 valence electrons. The highest BCUT2D eigenvalue weighted by Crippen LogP contribution is 2.24. The number of hydrogen-bond acceptors (Lipinski definition) is 7. The summed E-state index contributed by atoms with van der Waals surface area (Å²) in [6, 6.07) is 11.1. The van der Waals surface area contributed by atoms with Crippen LogP contribution in [0.1, 0.15) is 22.3 Å². The van der Waals surface area contributed by atoms with Gasteiger partial charge in [0.05, 0.1) is 12.3 Å². The zero-order valence-electron chi connectivity index (χ0n) is 17.6. The molecule has 0 unspecified atom stereocenters. The number of aryl methyl sites for hydroxylation is 1. The average Bonchev–Trinajstić information content (AvgIpc) is 3.19. The van der Waals surface area contributed by atoms with E-state index >= 15 is 0 Å². The lowest BCUT2D eigenvalue weighted by Crippen LogP contribution is -2.31. The third-order valence-corrected chi connectivity index (χ3v) is 5.47. The molecule has 8 nitrogen and oxygen atoms in total. The number of nitrogens with one attached hydrogen (secondary N) is 1. The number of Topliss-reactive ketones (excluding diaryl/α,β-unsaturated/α-hetero) is 1. The Labute approximate surface area is 185 Å². The molecule has 0 radical (unpaired) electrons. The van der Waals surface area contributed by atoms with E-state index < -0.39 is 0 Å². The minimum Gasteiger partial charge on any atom is -0.385 e. The number of ketones is 1. The van der Waals surface area contributed by atoms with Crippen molar-refractivity contribution in [1.82, 2.24) is 25.1 Å². The van der Waals surface area contributed by atoms with E-state index in [9.17, 15) is 9.59 Å². The number of thioether (sulfide) groups is 1. The van der Waals surface area contributed by atoms with E-state index in [-0.39, 0.29) is 24.0 Å². The van der Waals surface area contributed by atoms with Crippen LogP contribution in [0.15, 0.2) is 53.9 Å². The summed E-state index contributed by atoms with van der Waals surface area (Å²) in [6.07, 6.45) is 4.20. The molecule has 1 amide bonds. The first-order chi connectivity index (χ1) is 15.1. The van der Waals surface area contributed by atoms with Crippen LogP contribution in [0, 0.1) is 6.92 Å².